The van der Waals surface area contributed by atoms with E-state index in [0.717, 1.165) is 24.1 Å². The third-order valence-electron chi connectivity index (χ3n) is 3.65. The normalized spacial score (nSPS) is 13.8. The van der Waals surface area contributed by atoms with Crippen LogP contribution in [0.1, 0.15) is 25.7 Å². The van der Waals surface area contributed by atoms with Gasteiger partial charge in [0.15, 0.2) is 0 Å². The number of carbonyl (C=O) groups excluding carboxylic acids is 1. The molecule has 0 radical (unpaired) electrons. The van der Waals surface area contributed by atoms with E-state index in [9.17, 15) is 9.59 Å². The van der Waals surface area contributed by atoms with Gasteiger partial charge in [-0.25, -0.2) is 4.68 Å². The Morgan fingerprint density at radius 3 is 2.68 bits per heavy atom. The number of amides is 1. The Hall–Kier alpha value is -2.43. The molecular weight excluding hydrogens is 278 g/mol. The average Bonchev–Trinajstić information content (AvgIpc) is 3.34. The fourth-order valence-electron chi connectivity index (χ4n) is 2.29. The molecule has 114 valence electrons. The third kappa shape index (κ3) is 3.81. The number of carbonyl (C=O) groups is 1. The van der Waals surface area contributed by atoms with Crippen molar-refractivity contribution in [3.63, 3.8) is 0 Å². The summed E-state index contributed by atoms with van der Waals surface area (Å²) in [6.07, 6.45) is 3.22. The predicted octanol–water partition coefficient (Wildman–Crippen LogP) is 1.97. The number of benzene rings is 1. The van der Waals surface area contributed by atoms with Gasteiger partial charge < -0.3 is 5.32 Å². The molecule has 0 atom stereocenters. The Morgan fingerprint density at radius 1 is 1.18 bits per heavy atom. The molecule has 1 saturated carbocycles. The summed E-state index contributed by atoms with van der Waals surface area (Å²) in [6.45, 7) is 0.456. The summed E-state index contributed by atoms with van der Waals surface area (Å²) in [6, 6.07) is 13.4. The molecule has 22 heavy (non-hydrogen) atoms. The van der Waals surface area contributed by atoms with Crippen LogP contribution in [0.4, 0.5) is 0 Å². The first kappa shape index (κ1) is 14.5. The second-order valence-electron chi connectivity index (χ2n) is 5.59. The molecule has 2 aromatic rings. The zero-order valence-electron chi connectivity index (χ0n) is 12.4. The molecule has 0 spiro atoms. The van der Waals surface area contributed by atoms with E-state index in [1.807, 2.05) is 30.3 Å². The highest BCUT2D eigenvalue weighted by Crippen LogP contribution is 2.18. The number of hydrogen-bond acceptors (Lipinski definition) is 3. The zero-order chi connectivity index (χ0) is 15.4. The molecule has 5 heteroatoms. The maximum absolute atomic E-state index is 11.9. The van der Waals surface area contributed by atoms with Crippen molar-refractivity contribution in [2.75, 3.05) is 0 Å². The van der Waals surface area contributed by atoms with Gasteiger partial charge in [0.2, 0.25) is 5.91 Å². The van der Waals surface area contributed by atoms with Gasteiger partial charge in [-0.15, -0.1) is 0 Å². The van der Waals surface area contributed by atoms with Crippen molar-refractivity contribution < 1.29 is 4.79 Å². The molecule has 1 fully saturated rings. The van der Waals surface area contributed by atoms with Crippen LogP contribution in [0.3, 0.4) is 0 Å². The minimum absolute atomic E-state index is 0.0646. The lowest BCUT2D eigenvalue weighted by Gasteiger charge is -2.07. The van der Waals surface area contributed by atoms with Gasteiger partial charge in [-0.1, -0.05) is 30.3 Å². The molecule has 1 aromatic carbocycles. The van der Waals surface area contributed by atoms with Crippen molar-refractivity contribution in [3.8, 4) is 11.3 Å². The minimum atomic E-state index is -0.137. The number of nitrogens with zero attached hydrogens (tertiary/aromatic N) is 2. The largest absolute Gasteiger partial charge is 0.353 e. The first-order valence-electron chi connectivity index (χ1n) is 7.65. The lowest BCUT2D eigenvalue weighted by atomic mass is 10.1. The molecule has 1 aliphatic rings. The predicted molar refractivity (Wildman–Crippen MR) is 84.3 cm³/mol. The van der Waals surface area contributed by atoms with Crippen LogP contribution in [0.5, 0.6) is 0 Å². The van der Waals surface area contributed by atoms with Crippen molar-refractivity contribution in [3.05, 3.63) is 52.8 Å². The molecule has 5 nitrogen and oxygen atoms in total. The van der Waals surface area contributed by atoms with Gasteiger partial charge in [0.25, 0.3) is 5.56 Å². The topological polar surface area (TPSA) is 64.0 Å². The van der Waals surface area contributed by atoms with Crippen LogP contribution in [-0.2, 0) is 11.3 Å². The van der Waals surface area contributed by atoms with Crippen molar-refractivity contribution in [1.29, 1.82) is 0 Å². The van der Waals surface area contributed by atoms with Crippen molar-refractivity contribution in [1.82, 2.24) is 15.1 Å². The van der Waals surface area contributed by atoms with Gasteiger partial charge in [0.1, 0.15) is 0 Å². The van der Waals surface area contributed by atoms with Crippen molar-refractivity contribution in [2.24, 2.45) is 0 Å². The average molecular weight is 297 g/mol. The van der Waals surface area contributed by atoms with Crippen LogP contribution in [0.2, 0.25) is 0 Å². The van der Waals surface area contributed by atoms with Crippen molar-refractivity contribution in [2.45, 2.75) is 38.3 Å². The van der Waals surface area contributed by atoms with Gasteiger partial charge in [-0.05, 0) is 25.3 Å². The molecule has 0 aliphatic heterocycles. The summed E-state index contributed by atoms with van der Waals surface area (Å²) in [5.74, 6) is 0.0646. The number of aromatic nitrogens is 2. The lowest BCUT2D eigenvalue weighted by Crippen LogP contribution is -2.27. The van der Waals surface area contributed by atoms with Gasteiger partial charge in [-0.3, -0.25) is 9.59 Å². The smallest absolute Gasteiger partial charge is 0.266 e. The fourth-order valence-corrected chi connectivity index (χ4v) is 2.29. The molecule has 1 amide bonds. The Kier molecular flexibility index (Phi) is 4.32. The Morgan fingerprint density at radius 2 is 1.95 bits per heavy atom. The van der Waals surface area contributed by atoms with Crippen molar-refractivity contribution >= 4 is 5.91 Å². The molecule has 3 rings (SSSR count). The van der Waals surface area contributed by atoms with E-state index in [1.54, 1.807) is 6.07 Å². The van der Waals surface area contributed by atoms with Gasteiger partial charge in [0.05, 0.1) is 5.69 Å². The SMILES string of the molecule is O=C(CCCn1nc(-c2ccccc2)ccc1=O)NC1CC1. The van der Waals surface area contributed by atoms with Gasteiger partial charge in [0, 0.05) is 30.6 Å². The molecule has 1 heterocycles. The quantitative estimate of drug-likeness (QED) is 0.886. The third-order valence-corrected chi connectivity index (χ3v) is 3.65. The van der Waals surface area contributed by atoms with Crippen LogP contribution in [0.15, 0.2) is 47.3 Å². The van der Waals surface area contributed by atoms with E-state index in [2.05, 4.69) is 10.4 Å². The molecular formula is C17H19N3O2. The highest BCUT2D eigenvalue weighted by atomic mass is 16.1. The fraction of sp³-hybridized carbons (Fsp3) is 0.353. The van der Waals surface area contributed by atoms with Crippen LogP contribution in [-0.4, -0.2) is 21.7 Å². The molecule has 0 unspecified atom stereocenters. The summed E-state index contributed by atoms with van der Waals surface area (Å²) in [4.78, 5) is 23.5. The molecule has 1 N–H and O–H groups in total. The van der Waals surface area contributed by atoms with E-state index >= 15 is 0 Å². The second kappa shape index (κ2) is 6.56. The first-order valence-corrected chi connectivity index (χ1v) is 7.65. The number of rotatable bonds is 6. The molecule has 0 saturated heterocycles. The Balaban J connectivity index is 1.62. The van der Waals surface area contributed by atoms with Crippen LogP contribution in [0.25, 0.3) is 11.3 Å². The summed E-state index contributed by atoms with van der Waals surface area (Å²) < 4.78 is 1.44. The minimum Gasteiger partial charge on any atom is -0.353 e. The maximum atomic E-state index is 11.9. The van der Waals surface area contributed by atoms with Gasteiger partial charge >= 0.3 is 0 Å². The Labute approximate surface area is 129 Å². The molecule has 1 aliphatic carbocycles. The number of aryl methyl sites for hydroxylation is 1. The Bertz CT molecular complexity index is 705. The van der Waals surface area contributed by atoms with Crippen LogP contribution in [0, 0.1) is 0 Å². The van der Waals surface area contributed by atoms with Crippen LogP contribution >= 0.6 is 0 Å². The highest BCUT2D eigenvalue weighted by molar-refractivity contribution is 5.76. The van der Waals surface area contributed by atoms with Gasteiger partial charge in [-0.2, -0.15) is 5.10 Å². The monoisotopic (exact) mass is 297 g/mol. The molecule has 0 bridgehead atoms. The summed E-state index contributed by atoms with van der Waals surface area (Å²) in [7, 11) is 0. The van der Waals surface area contributed by atoms with Crippen LogP contribution < -0.4 is 10.9 Å². The highest BCUT2D eigenvalue weighted by Gasteiger charge is 2.22. The van der Waals surface area contributed by atoms with E-state index < -0.39 is 0 Å². The number of nitrogens with one attached hydrogen (secondary N) is 1. The standard InChI is InChI=1S/C17H19N3O2/c21-16(18-14-8-9-14)7-4-12-20-17(22)11-10-15(19-20)13-5-2-1-3-6-13/h1-3,5-6,10-11,14H,4,7-9,12H2,(H,18,21). The zero-order valence-corrected chi connectivity index (χ0v) is 12.4. The summed E-state index contributed by atoms with van der Waals surface area (Å²) in [5, 5.41) is 7.33. The second-order valence-corrected chi connectivity index (χ2v) is 5.59. The van der Waals surface area contributed by atoms with E-state index in [4.69, 9.17) is 0 Å². The van der Waals surface area contributed by atoms with E-state index in [0.29, 0.717) is 25.4 Å². The molecule has 1 aromatic heterocycles. The maximum Gasteiger partial charge on any atom is 0.266 e. The first-order chi connectivity index (χ1) is 10.7. The summed E-state index contributed by atoms with van der Waals surface area (Å²) in [5.41, 5.74) is 1.60. The van der Waals surface area contributed by atoms with E-state index in [-0.39, 0.29) is 11.5 Å². The summed E-state index contributed by atoms with van der Waals surface area (Å²) >= 11 is 0. The van der Waals surface area contributed by atoms with E-state index in [1.165, 1.54) is 10.7 Å². The lowest BCUT2D eigenvalue weighted by molar-refractivity contribution is -0.121. The number of hydrogen-bond donors (Lipinski definition) is 1.